The highest BCUT2D eigenvalue weighted by Crippen LogP contribution is 2.12. The van der Waals surface area contributed by atoms with Crippen LogP contribution < -0.4 is 10.6 Å². The SMILES string of the molecule is COC(=O)c1cccc(NC(=NCc2cccnc2)NC(=O)c2ccc(F)cc2)c1. The zero-order valence-corrected chi connectivity index (χ0v) is 16.1. The number of carbonyl (C=O) groups excluding carboxylic acids is 2. The van der Waals surface area contributed by atoms with Crippen LogP contribution in [0.15, 0.2) is 78.0 Å². The zero-order chi connectivity index (χ0) is 21.3. The van der Waals surface area contributed by atoms with E-state index in [9.17, 15) is 14.0 Å². The molecule has 0 unspecified atom stereocenters. The fourth-order valence-corrected chi connectivity index (χ4v) is 2.53. The maximum atomic E-state index is 13.1. The van der Waals surface area contributed by atoms with Gasteiger partial charge in [0.15, 0.2) is 0 Å². The van der Waals surface area contributed by atoms with Crippen molar-refractivity contribution in [2.24, 2.45) is 4.99 Å². The Morgan fingerprint density at radius 2 is 1.87 bits per heavy atom. The first-order valence-electron chi connectivity index (χ1n) is 9.01. The summed E-state index contributed by atoms with van der Waals surface area (Å²) in [7, 11) is 1.30. The lowest BCUT2D eigenvalue weighted by Gasteiger charge is -2.13. The second kappa shape index (κ2) is 9.92. The molecule has 0 aliphatic carbocycles. The molecule has 0 saturated heterocycles. The lowest BCUT2D eigenvalue weighted by molar-refractivity contribution is 0.0600. The van der Waals surface area contributed by atoms with Crippen molar-refractivity contribution in [1.29, 1.82) is 0 Å². The topological polar surface area (TPSA) is 92.7 Å². The van der Waals surface area contributed by atoms with E-state index in [1.807, 2.05) is 6.07 Å². The van der Waals surface area contributed by atoms with E-state index in [-0.39, 0.29) is 18.1 Å². The summed E-state index contributed by atoms with van der Waals surface area (Å²) in [5.41, 5.74) is 1.99. The maximum absolute atomic E-state index is 13.1. The molecule has 0 fully saturated rings. The first kappa shape index (κ1) is 20.7. The number of benzene rings is 2. The predicted octanol–water partition coefficient (Wildman–Crippen LogP) is 3.41. The van der Waals surface area contributed by atoms with Gasteiger partial charge in [-0.2, -0.15) is 0 Å². The number of rotatable bonds is 5. The molecule has 2 N–H and O–H groups in total. The number of nitrogens with one attached hydrogen (secondary N) is 2. The summed E-state index contributed by atoms with van der Waals surface area (Å²) in [6.45, 7) is 0.260. The van der Waals surface area contributed by atoms with Gasteiger partial charge in [0.2, 0.25) is 5.96 Å². The number of aromatic nitrogens is 1. The summed E-state index contributed by atoms with van der Waals surface area (Å²) in [5, 5.41) is 5.67. The standard InChI is InChI=1S/C22H19FN4O3/c1-30-21(29)17-5-2-6-19(12-17)26-22(25-14-15-4-3-11-24-13-15)27-20(28)16-7-9-18(23)10-8-16/h2-13H,14H2,1H3,(H2,25,26,27,28). The fourth-order valence-electron chi connectivity index (χ4n) is 2.53. The number of esters is 1. The van der Waals surface area contributed by atoms with Crippen LogP contribution in [0.25, 0.3) is 0 Å². The van der Waals surface area contributed by atoms with E-state index in [1.165, 1.54) is 31.4 Å². The number of hydrogen-bond donors (Lipinski definition) is 2. The fraction of sp³-hybridized carbons (Fsp3) is 0.0909. The van der Waals surface area contributed by atoms with Crippen molar-refractivity contribution in [3.05, 3.63) is 95.6 Å². The lowest BCUT2D eigenvalue weighted by Crippen LogP contribution is -2.36. The van der Waals surface area contributed by atoms with Gasteiger partial charge in [-0.3, -0.25) is 15.1 Å². The molecule has 152 valence electrons. The molecule has 1 amide bonds. The molecule has 0 saturated carbocycles. The van der Waals surface area contributed by atoms with Gasteiger partial charge in [0.1, 0.15) is 5.82 Å². The third-order valence-corrected chi connectivity index (χ3v) is 4.03. The van der Waals surface area contributed by atoms with Gasteiger partial charge in [0.05, 0.1) is 19.2 Å². The summed E-state index contributed by atoms with van der Waals surface area (Å²) < 4.78 is 17.9. The minimum Gasteiger partial charge on any atom is -0.465 e. The average Bonchev–Trinajstić information content (AvgIpc) is 2.78. The third-order valence-electron chi connectivity index (χ3n) is 4.03. The van der Waals surface area contributed by atoms with E-state index < -0.39 is 17.7 Å². The van der Waals surface area contributed by atoms with Gasteiger partial charge in [0.25, 0.3) is 5.91 Å². The number of nitrogens with zero attached hydrogens (tertiary/aromatic N) is 2. The Balaban J connectivity index is 1.82. The molecule has 7 nitrogen and oxygen atoms in total. The van der Waals surface area contributed by atoms with Crippen molar-refractivity contribution in [1.82, 2.24) is 10.3 Å². The Bertz CT molecular complexity index is 1050. The molecule has 1 aromatic heterocycles. The molecule has 30 heavy (non-hydrogen) atoms. The van der Waals surface area contributed by atoms with Crippen LogP contribution in [0, 0.1) is 5.82 Å². The number of aliphatic imine (C=N–C) groups is 1. The van der Waals surface area contributed by atoms with Crippen LogP contribution in [-0.4, -0.2) is 29.9 Å². The number of pyridine rings is 1. The van der Waals surface area contributed by atoms with Gasteiger partial charge in [-0.15, -0.1) is 0 Å². The summed E-state index contributed by atoms with van der Waals surface area (Å²) in [5.74, 6) is -1.22. The smallest absolute Gasteiger partial charge is 0.337 e. The Kier molecular flexibility index (Phi) is 6.83. The van der Waals surface area contributed by atoms with E-state index in [4.69, 9.17) is 4.74 Å². The second-order valence-corrected chi connectivity index (χ2v) is 6.18. The summed E-state index contributed by atoms with van der Waals surface area (Å²) >= 11 is 0. The Morgan fingerprint density at radius 1 is 1.07 bits per heavy atom. The van der Waals surface area contributed by atoms with Crippen LogP contribution in [0.1, 0.15) is 26.3 Å². The van der Waals surface area contributed by atoms with Crippen molar-refractivity contribution in [2.45, 2.75) is 6.54 Å². The summed E-state index contributed by atoms with van der Waals surface area (Å²) in [4.78, 5) is 32.8. The molecule has 1 heterocycles. The zero-order valence-electron chi connectivity index (χ0n) is 16.1. The summed E-state index contributed by atoms with van der Waals surface area (Å²) in [6.07, 6.45) is 3.32. The molecule has 0 aliphatic heterocycles. The van der Waals surface area contributed by atoms with Crippen molar-refractivity contribution < 1.29 is 18.7 Å². The molecule has 3 aromatic rings. The molecule has 2 aromatic carbocycles. The normalized spacial score (nSPS) is 10.9. The molecule has 0 bridgehead atoms. The van der Waals surface area contributed by atoms with Gasteiger partial charge in [-0.1, -0.05) is 12.1 Å². The summed E-state index contributed by atoms with van der Waals surface area (Å²) in [6, 6.07) is 15.4. The number of ether oxygens (including phenoxy) is 1. The van der Waals surface area contributed by atoms with E-state index in [1.54, 1.807) is 42.7 Å². The quantitative estimate of drug-likeness (QED) is 0.385. The van der Waals surface area contributed by atoms with Crippen molar-refractivity contribution in [2.75, 3.05) is 12.4 Å². The first-order chi connectivity index (χ1) is 14.5. The highest BCUT2D eigenvalue weighted by Gasteiger charge is 2.11. The third kappa shape index (κ3) is 5.71. The van der Waals surface area contributed by atoms with Crippen LogP contribution in [-0.2, 0) is 11.3 Å². The van der Waals surface area contributed by atoms with Crippen LogP contribution >= 0.6 is 0 Å². The molecule has 3 rings (SSSR count). The minimum absolute atomic E-state index is 0.162. The molecular weight excluding hydrogens is 387 g/mol. The van der Waals surface area contributed by atoms with E-state index in [2.05, 4.69) is 20.6 Å². The number of hydrogen-bond acceptors (Lipinski definition) is 5. The Hall–Kier alpha value is -4.07. The van der Waals surface area contributed by atoms with Gasteiger partial charge >= 0.3 is 5.97 Å². The monoisotopic (exact) mass is 406 g/mol. The van der Waals surface area contributed by atoms with Gasteiger partial charge in [-0.25, -0.2) is 14.2 Å². The van der Waals surface area contributed by atoms with Gasteiger partial charge in [-0.05, 0) is 54.1 Å². The van der Waals surface area contributed by atoms with Crippen LogP contribution in [0.4, 0.5) is 10.1 Å². The maximum Gasteiger partial charge on any atom is 0.337 e. The molecule has 0 spiro atoms. The van der Waals surface area contributed by atoms with Crippen LogP contribution in [0.3, 0.4) is 0 Å². The minimum atomic E-state index is -0.483. The predicted molar refractivity (Wildman–Crippen MR) is 111 cm³/mol. The number of methoxy groups -OCH3 is 1. The number of anilines is 1. The van der Waals surface area contributed by atoms with Gasteiger partial charge in [0, 0.05) is 23.6 Å². The van der Waals surface area contributed by atoms with Crippen LogP contribution in [0.2, 0.25) is 0 Å². The van der Waals surface area contributed by atoms with Crippen LogP contribution in [0.5, 0.6) is 0 Å². The number of halogens is 1. The van der Waals surface area contributed by atoms with Crippen molar-refractivity contribution >= 4 is 23.5 Å². The van der Waals surface area contributed by atoms with Crippen molar-refractivity contribution in [3.8, 4) is 0 Å². The van der Waals surface area contributed by atoms with Crippen molar-refractivity contribution in [3.63, 3.8) is 0 Å². The van der Waals surface area contributed by atoms with Gasteiger partial charge < -0.3 is 10.1 Å². The Morgan fingerprint density at radius 3 is 2.57 bits per heavy atom. The Labute approximate surface area is 172 Å². The highest BCUT2D eigenvalue weighted by atomic mass is 19.1. The number of guanidine groups is 1. The molecule has 8 heteroatoms. The average molecular weight is 406 g/mol. The van der Waals surface area contributed by atoms with E-state index >= 15 is 0 Å². The lowest BCUT2D eigenvalue weighted by atomic mass is 10.2. The molecule has 0 atom stereocenters. The molecule has 0 aliphatic rings. The van der Waals surface area contributed by atoms with E-state index in [0.717, 1.165) is 5.56 Å². The second-order valence-electron chi connectivity index (χ2n) is 6.18. The first-order valence-corrected chi connectivity index (χ1v) is 9.01. The largest absolute Gasteiger partial charge is 0.465 e. The highest BCUT2D eigenvalue weighted by molar-refractivity contribution is 6.10. The molecule has 0 radical (unpaired) electrons. The molecular formula is C22H19FN4O3. The van der Waals surface area contributed by atoms with E-state index in [0.29, 0.717) is 11.3 Å². The number of carbonyl (C=O) groups is 2. The number of amides is 1.